The molecule has 1 atom stereocenters. The highest BCUT2D eigenvalue weighted by Crippen LogP contribution is 2.16. The first-order valence-electron chi connectivity index (χ1n) is 7.46. The summed E-state index contributed by atoms with van der Waals surface area (Å²) in [6.45, 7) is 0.657. The fourth-order valence-corrected chi connectivity index (χ4v) is 2.79. The van der Waals surface area contributed by atoms with Gasteiger partial charge in [-0.2, -0.15) is 0 Å². The number of piperidine rings is 1. The number of nitrogens with zero attached hydrogens (tertiary/aromatic N) is 4. The van der Waals surface area contributed by atoms with Crippen LogP contribution >= 0.6 is 0 Å². The van der Waals surface area contributed by atoms with Crippen LogP contribution in [-0.4, -0.2) is 44.8 Å². The van der Waals surface area contributed by atoms with E-state index in [1.807, 2.05) is 0 Å². The van der Waals surface area contributed by atoms with Gasteiger partial charge in [0, 0.05) is 13.1 Å². The highest BCUT2D eigenvalue weighted by molar-refractivity contribution is 5.80. The summed E-state index contributed by atoms with van der Waals surface area (Å²) in [5.41, 5.74) is 5.45. The van der Waals surface area contributed by atoms with Gasteiger partial charge in [-0.1, -0.05) is 17.3 Å². The summed E-state index contributed by atoms with van der Waals surface area (Å²) in [4.78, 5) is 37.6. The Hall–Kier alpha value is -2.77. The minimum Gasteiger partial charge on any atom is -0.369 e. The predicted octanol–water partition coefficient (Wildman–Crippen LogP) is -0.485. The Morgan fingerprint density at radius 1 is 1.30 bits per heavy atom. The summed E-state index contributed by atoms with van der Waals surface area (Å²) in [6, 6.07) is 6.85. The summed E-state index contributed by atoms with van der Waals surface area (Å²) in [5, 5.41) is 8.18. The molecule has 8 heteroatoms. The van der Waals surface area contributed by atoms with E-state index in [2.05, 4.69) is 10.3 Å². The molecule has 2 amide bonds. The summed E-state index contributed by atoms with van der Waals surface area (Å²) in [6.07, 6.45) is 1.41. The van der Waals surface area contributed by atoms with Crippen molar-refractivity contribution in [1.29, 1.82) is 0 Å². The molecule has 8 nitrogen and oxygen atoms in total. The van der Waals surface area contributed by atoms with Crippen molar-refractivity contribution >= 4 is 22.7 Å². The number of hydrogen-bond donors (Lipinski definition) is 1. The molecule has 0 radical (unpaired) electrons. The van der Waals surface area contributed by atoms with E-state index >= 15 is 0 Å². The van der Waals surface area contributed by atoms with Crippen molar-refractivity contribution in [1.82, 2.24) is 19.9 Å². The minimum atomic E-state index is -0.398. The van der Waals surface area contributed by atoms with Gasteiger partial charge in [0.2, 0.25) is 11.8 Å². The van der Waals surface area contributed by atoms with E-state index in [4.69, 9.17) is 5.73 Å². The molecule has 1 saturated heterocycles. The van der Waals surface area contributed by atoms with Gasteiger partial charge in [0.05, 0.1) is 11.3 Å². The molecule has 1 fully saturated rings. The number of nitrogens with two attached hydrogens (primary N) is 1. The highest BCUT2D eigenvalue weighted by atomic mass is 16.2. The van der Waals surface area contributed by atoms with Gasteiger partial charge in [-0.05, 0) is 25.0 Å². The molecule has 1 aromatic carbocycles. The summed E-state index contributed by atoms with van der Waals surface area (Å²) in [5.74, 6) is -0.986. The molecule has 120 valence electrons. The maximum atomic E-state index is 12.4. The van der Waals surface area contributed by atoms with E-state index in [1.54, 1.807) is 29.2 Å². The maximum Gasteiger partial charge on any atom is 0.278 e. The van der Waals surface area contributed by atoms with Crippen LogP contribution in [0.2, 0.25) is 0 Å². The van der Waals surface area contributed by atoms with Gasteiger partial charge >= 0.3 is 0 Å². The third-order valence-corrected chi connectivity index (χ3v) is 4.09. The fraction of sp³-hybridized carbons (Fsp3) is 0.400. The number of aromatic nitrogens is 3. The van der Waals surface area contributed by atoms with Gasteiger partial charge < -0.3 is 10.6 Å². The smallest absolute Gasteiger partial charge is 0.278 e. The first-order valence-corrected chi connectivity index (χ1v) is 7.46. The van der Waals surface area contributed by atoms with E-state index in [0.29, 0.717) is 30.4 Å². The molecule has 3 rings (SSSR count). The van der Waals surface area contributed by atoms with Crippen molar-refractivity contribution in [2.24, 2.45) is 11.7 Å². The molecular formula is C15H17N5O3. The quantitative estimate of drug-likeness (QED) is 0.822. The second kappa shape index (κ2) is 6.15. The minimum absolute atomic E-state index is 0.192. The number of hydrogen-bond acceptors (Lipinski definition) is 5. The number of primary amides is 1. The van der Waals surface area contributed by atoms with Crippen molar-refractivity contribution in [3.8, 4) is 0 Å². The number of rotatable bonds is 3. The van der Waals surface area contributed by atoms with E-state index in [1.165, 1.54) is 0 Å². The van der Waals surface area contributed by atoms with Crippen molar-refractivity contribution in [3.63, 3.8) is 0 Å². The van der Waals surface area contributed by atoms with E-state index in [9.17, 15) is 14.4 Å². The van der Waals surface area contributed by atoms with E-state index in [0.717, 1.165) is 11.1 Å². The van der Waals surface area contributed by atoms with Crippen LogP contribution in [0.15, 0.2) is 29.1 Å². The Bertz CT molecular complexity index is 816. The van der Waals surface area contributed by atoms with Gasteiger partial charge in [0.25, 0.3) is 5.56 Å². The van der Waals surface area contributed by atoms with Crippen molar-refractivity contribution in [2.75, 3.05) is 13.1 Å². The van der Waals surface area contributed by atoms with Crippen LogP contribution in [0.5, 0.6) is 0 Å². The molecule has 1 aliphatic rings. The molecule has 2 heterocycles. The second-order valence-electron chi connectivity index (χ2n) is 5.65. The van der Waals surface area contributed by atoms with Gasteiger partial charge in [0.15, 0.2) is 0 Å². The first kappa shape index (κ1) is 15.1. The Kier molecular flexibility index (Phi) is 4.05. The number of amides is 2. The molecular weight excluding hydrogens is 298 g/mol. The number of benzene rings is 1. The molecule has 0 unspecified atom stereocenters. The van der Waals surface area contributed by atoms with Crippen LogP contribution in [0.1, 0.15) is 12.8 Å². The molecule has 0 spiro atoms. The van der Waals surface area contributed by atoms with Crippen LogP contribution in [-0.2, 0) is 16.1 Å². The van der Waals surface area contributed by atoms with E-state index in [-0.39, 0.29) is 23.9 Å². The predicted molar refractivity (Wildman–Crippen MR) is 82.3 cm³/mol. The van der Waals surface area contributed by atoms with E-state index < -0.39 is 5.91 Å². The molecule has 0 aliphatic carbocycles. The van der Waals surface area contributed by atoms with Crippen LogP contribution in [0.25, 0.3) is 10.9 Å². The Morgan fingerprint density at radius 2 is 2.09 bits per heavy atom. The SMILES string of the molecule is NC(=O)[C@H]1CCCN(C(=O)Cn2nnc3ccccc3c2=O)C1. The number of carbonyl (C=O) groups excluding carboxylic acids is 2. The topological polar surface area (TPSA) is 111 Å². The second-order valence-corrected chi connectivity index (χ2v) is 5.65. The van der Waals surface area contributed by atoms with Crippen LogP contribution in [0, 0.1) is 5.92 Å². The monoisotopic (exact) mass is 315 g/mol. The van der Waals surface area contributed by atoms with Gasteiger partial charge in [-0.3, -0.25) is 14.4 Å². The zero-order valence-corrected chi connectivity index (χ0v) is 12.5. The fourth-order valence-electron chi connectivity index (χ4n) is 2.79. The summed E-state index contributed by atoms with van der Waals surface area (Å²) < 4.78 is 1.05. The lowest BCUT2D eigenvalue weighted by molar-refractivity contribution is -0.135. The maximum absolute atomic E-state index is 12.4. The Balaban J connectivity index is 1.79. The number of likely N-dealkylation sites (tertiary alicyclic amines) is 1. The molecule has 0 bridgehead atoms. The molecule has 2 aromatic rings. The third-order valence-electron chi connectivity index (χ3n) is 4.09. The normalized spacial score (nSPS) is 18.1. The highest BCUT2D eigenvalue weighted by Gasteiger charge is 2.27. The standard InChI is InChI=1S/C15H17N5O3/c16-14(22)10-4-3-7-19(8-10)13(21)9-20-15(23)11-5-1-2-6-12(11)17-18-20/h1-2,5-6,10H,3-4,7-9H2,(H2,16,22)/t10-/m0/s1. The average molecular weight is 315 g/mol. The zero-order chi connectivity index (χ0) is 16.4. The summed E-state index contributed by atoms with van der Waals surface area (Å²) >= 11 is 0. The van der Waals surface area contributed by atoms with Crippen molar-refractivity contribution < 1.29 is 9.59 Å². The lowest BCUT2D eigenvalue weighted by Crippen LogP contribution is -2.46. The Morgan fingerprint density at radius 3 is 2.87 bits per heavy atom. The van der Waals surface area contributed by atoms with Crippen LogP contribution < -0.4 is 11.3 Å². The average Bonchev–Trinajstić information content (AvgIpc) is 2.57. The van der Waals surface area contributed by atoms with Gasteiger partial charge in [-0.25, -0.2) is 4.68 Å². The van der Waals surface area contributed by atoms with Gasteiger partial charge in [0.1, 0.15) is 12.1 Å². The largest absolute Gasteiger partial charge is 0.369 e. The number of carbonyl (C=O) groups is 2. The van der Waals surface area contributed by atoms with Gasteiger partial charge in [-0.15, -0.1) is 5.10 Å². The van der Waals surface area contributed by atoms with Crippen molar-refractivity contribution in [2.45, 2.75) is 19.4 Å². The summed E-state index contributed by atoms with van der Waals surface area (Å²) in [7, 11) is 0. The lowest BCUT2D eigenvalue weighted by atomic mass is 9.97. The molecule has 2 N–H and O–H groups in total. The van der Waals surface area contributed by atoms with Crippen LogP contribution in [0.4, 0.5) is 0 Å². The zero-order valence-electron chi connectivity index (χ0n) is 12.5. The molecule has 23 heavy (non-hydrogen) atoms. The van der Waals surface area contributed by atoms with Crippen molar-refractivity contribution in [3.05, 3.63) is 34.6 Å². The number of fused-ring (bicyclic) bond motifs is 1. The molecule has 0 saturated carbocycles. The first-order chi connectivity index (χ1) is 11.1. The molecule has 1 aromatic heterocycles. The Labute approximate surface area is 131 Å². The third kappa shape index (κ3) is 3.05. The molecule has 1 aliphatic heterocycles. The lowest BCUT2D eigenvalue weighted by Gasteiger charge is -2.31. The van der Waals surface area contributed by atoms with Crippen LogP contribution in [0.3, 0.4) is 0 Å².